The van der Waals surface area contributed by atoms with Crippen LogP contribution in [0.5, 0.6) is 0 Å². The second kappa shape index (κ2) is 7.75. The van der Waals surface area contributed by atoms with Gasteiger partial charge in [0.1, 0.15) is 12.1 Å². The van der Waals surface area contributed by atoms with E-state index in [0.717, 1.165) is 68.5 Å². The van der Waals surface area contributed by atoms with Gasteiger partial charge in [-0.2, -0.15) is 0 Å². The fourth-order valence-corrected chi connectivity index (χ4v) is 4.02. The first-order chi connectivity index (χ1) is 14.3. The number of rotatable bonds is 5. The fraction of sp³-hybridized carbons (Fsp3) is 0.364. The zero-order valence-corrected chi connectivity index (χ0v) is 16.7. The van der Waals surface area contributed by atoms with Gasteiger partial charge < -0.3 is 25.2 Å². The monoisotopic (exact) mass is 390 g/mol. The molecule has 2 aromatic carbocycles. The molecule has 0 amide bonds. The molecule has 3 heterocycles. The van der Waals surface area contributed by atoms with E-state index in [1.54, 1.807) is 6.33 Å². The van der Waals surface area contributed by atoms with Crippen molar-refractivity contribution in [2.45, 2.75) is 13.5 Å². The lowest BCUT2D eigenvalue weighted by atomic mass is 10.1. The Hall–Kier alpha value is -3.06. The highest BCUT2D eigenvalue weighted by molar-refractivity contribution is 5.97. The molecular formula is C22H26N6O. The van der Waals surface area contributed by atoms with E-state index in [-0.39, 0.29) is 0 Å². The molecule has 1 saturated heterocycles. The van der Waals surface area contributed by atoms with Gasteiger partial charge in [0, 0.05) is 37.3 Å². The largest absolute Gasteiger partial charge is 0.378 e. The van der Waals surface area contributed by atoms with Crippen LogP contribution in [0.4, 0.5) is 22.9 Å². The number of hydrogen-bond donors (Lipinski definition) is 2. The molecule has 0 atom stereocenters. The minimum absolute atomic E-state index is 0.723. The number of ether oxygens (including phenoxy) is 1. The molecule has 3 aromatic rings. The second-order valence-corrected chi connectivity index (χ2v) is 7.42. The van der Waals surface area contributed by atoms with Crippen LogP contribution in [0.3, 0.4) is 0 Å². The van der Waals surface area contributed by atoms with Gasteiger partial charge in [0.05, 0.1) is 36.8 Å². The number of nitrogens with zero attached hydrogens (tertiary/aromatic N) is 4. The van der Waals surface area contributed by atoms with Crippen molar-refractivity contribution in [3.63, 3.8) is 0 Å². The first-order valence-corrected chi connectivity index (χ1v) is 10.2. The normalized spacial score (nSPS) is 16.0. The van der Waals surface area contributed by atoms with Gasteiger partial charge in [-0.3, -0.25) is 0 Å². The third-order valence-electron chi connectivity index (χ3n) is 5.71. The zero-order valence-electron chi connectivity index (χ0n) is 16.7. The molecule has 2 aliphatic rings. The fourth-order valence-electron chi connectivity index (χ4n) is 4.02. The number of hydrogen-bond acceptors (Lipinski definition) is 7. The van der Waals surface area contributed by atoms with Crippen LogP contribution in [-0.4, -0.2) is 49.5 Å². The summed E-state index contributed by atoms with van der Waals surface area (Å²) in [4.78, 5) is 13.6. The average molecular weight is 390 g/mol. The van der Waals surface area contributed by atoms with E-state index >= 15 is 0 Å². The summed E-state index contributed by atoms with van der Waals surface area (Å²) in [5.41, 5.74) is 5.80. The van der Waals surface area contributed by atoms with Gasteiger partial charge >= 0.3 is 0 Å². The summed E-state index contributed by atoms with van der Waals surface area (Å²) in [6.07, 6.45) is 1.64. The topological polar surface area (TPSA) is 65.5 Å². The van der Waals surface area contributed by atoms with Crippen LogP contribution < -0.4 is 20.4 Å². The Kier molecular flexibility index (Phi) is 4.81. The molecule has 2 aliphatic heterocycles. The van der Waals surface area contributed by atoms with Gasteiger partial charge in [-0.15, -0.1) is 0 Å². The number of fused-ring (bicyclic) bond motifs is 2. The Bertz CT molecular complexity index is 1000. The average Bonchev–Trinajstić information content (AvgIpc) is 3.19. The van der Waals surface area contributed by atoms with Gasteiger partial charge in [-0.05, 0) is 36.8 Å². The maximum absolute atomic E-state index is 5.44. The van der Waals surface area contributed by atoms with E-state index in [0.29, 0.717) is 0 Å². The molecule has 29 heavy (non-hydrogen) atoms. The highest BCUT2D eigenvalue weighted by Crippen LogP contribution is 2.36. The first-order valence-electron chi connectivity index (χ1n) is 10.2. The number of nitrogens with one attached hydrogen (secondary N) is 2. The van der Waals surface area contributed by atoms with Gasteiger partial charge in [0.2, 0.25) is 0 Å². The summed E-state index contributed by atoms with van der Waals surface area (Å²) >= 11 is 0. The first kappa shape index (κ1) is 18.0. The summed E-state index contributed by atoms with van der Waals surface area (Å²) < 4.78 is 5.44. The third kappa shape index (κ3) is 3.53. The summed E-state index contributed by atoms with van der Waals surface area (Å²) in [6, 6.07) is 13.1. The van der Waals surface area contributed by atoms with E-state index in [1.807, 2.05) is 0 Å². The third-order valence-corrected chi connectivity index (χ3v) is 5.71. The minimum atomic E-state index is 0.723. The Morgan fingerprint density at radius 3 is 2.72 bits per heavy atom. The van der Waals surface area contributed by atoms with Crippen molar-refractivity contribution in [1.82, 2.24) is 9.97 Å². The molecule has 0 aliphatic carbocycles. The molecule has 7 nitrogen and oxygen atoms in total. The molecule has 0 saturated carbocycles. The molecular weight excluding hydrogens is 364 g/mol. The molecule has 150 valence electrons. The summed E-state index contributed by atoms with van der Waals surface area (Å²) in [7, 11) is 0. The Labute approximate surface area is 170 Å². The summed E-state index contributed by atoms with van der Waals surface area (Å²) in [6.45, 7) is 8.23. The standard InChI is InChI=1S/C22H26N6O/c1-2-27-15-26-20-11-18-19(12-21(20)27)24-14-25-22(18)23-13-16-3-5-17(6-4-16)28-7-9-29-10-8-28/h3-6,11-12,14,26H,2,7-10,13,15H2,1H3,(H,23,24,25). The molecule has 0 unspecified atom stereocenters. The van der Waals surface area contributed by atoms with Crippen LogP contribution in [0.25, 0.3) is 10.9 Å². The number of morpholine rings is 1. The van der Waals surface area contributed by atoms with Crippen LogP contribution in [0.15, 0.2) is 42.7 Å². The highest BCUT2D eigenvalue weighted by atomic mass is 16.5. The van der Waals surface area contributed by atoms with Crippen molar-refractivity contribution in [2.24, 2.45) is 0 Å². The van der Waals surface area contributed by atoms with Gasteiger partial charge in [-0.1, -0.05) is 12.1 Å². The SMILES string of the molecule is CCN1CNc2cc3c(NCc4ccc(N5CCOCC5)cc4)ncnc3cc21. The molecule has 1 aromatic heterocycles. The van der Waals surface area contributed by atoms with Crippen LogP contribution in [-0.2, 0) is 11.3 Å². The lowest BCUT2D eigenvalue weighted by molar-refractivity contribution is 0.122. The van der Waals surface area contributed by atoms with Crippen molar-refractivity contribution in [2.75, 3.05) is 60.0 Å². The lowest BCUT2D eigenvalue weighted by Crippen LogP contribution is -2.36. The van der Waals surface area contributed by atoms with E-state index in [9.17, 15) is 0 Å². The van der Waals surface area contributed by atoms with Crippen LogP contribution in [0.1, 0.15) is 12.5 Å². The predicted octanol–water partition coefficient (Wildman–Crippen LogP) is 3.29. The molecule has 1 fully saturated rings. The van der Waals surface area contributed by atoms with E-state index < -0.39 is 0 Å². The van der Waals surface area contributed by atoms with E-state index in [4.69, 9.17) is 4.74 Å². The maximum atomic E-state index is 5.44. The molecule has 7 heteroatoms. The van der Waals surface area contributed by atoms with Gasteiger partial charge in [0.25, 0.3) is 0 Å². The van der Waals surface area contributed by atoms with Crippen molar-refractivity contribution in [3.05, 3.63) is 48.3 Å². The highest BCUT2D eigenvalue weighted by Gasteiger charge is 2.19. The van der Waals surface area contributed by atoms with Crippen molar-refractivity contribution >= 4 is 33.8 Å². The molecule has 0 bridgehead atoms. The van der Waals surface area contributed by atoms with Crippen molar-refractivity contribution in [1.29, 1.82) is 0 Å². The predicted molar refractivity (Wildman–Crippen MR) is 118 cm³/mol. The Morgan fingerprint density at radius 2 is 1.93 bits per heavy atom. The minimum Gasteiger partial charge on any atom is -0.378 e. The second-order valence-electron chi connectivity index (χ2n) is 7.42. The molecule has 5 rings (SSSR count). The number of anilines is 4. The Balaban J connectivity index is 1.33. The molecule has 0 radical (unpaired) electrons. The summed E-state index contributed by atoms with van der Waals surface area (Å²) in [5, 5.41) is 8.00. The van der Waals surface area contributed by atoms with Crippen LogP contribution in [0.2, 0.25) is 0 Å². The van der Waals surface area contributed by atoms with E-state index in [1.165, 1.54) is 16.9 Å². The van der Waals surface area contributed by atoms with Crippen molar-refractivity contribution in [3.8, 4) is 0 Å². The van der Waals surface area contributed by atoms with Gasteiger partial charge in [0.15, 0.2) is 0 Å². The molecule has 2 N–H and O–H groups in total. The zero-order chi connectivity index (χ0) is 19.6. The summed E-state index contributed by atoms with van der Waals surface area (Å²) in [5.74, 6) is 0.867. The maximum Gasteiger partial charge on any atom is 0.137 e. The lowest BCUT2D eigenvalue weighted by Gasteiger charge is -2.28. The molecule has 0 spiro atoms. The quantitative estimate of drug-likeness (QED) is 0.693. The van der Waals surface area contributed by atoms with Crippen LogP contribution in [0, 0.1) is 0 Å². The number of aromatic nitrogens is 2. The smallest absolute Gasteiger partial charge is 0.137 e. The number of benzene rings is 2. The Morgan fingerprint density at radius 1 is 1.10 bits per heavy atom. The van der Waals surface area contributed by atoms with E-state index in [2.05, 4.69) is 73.7 Å². The van der Waals surface area contributed by atoms with Crippen molar-refractivity contribution < 1.29 is 4.74 Å². The van der Waals surface area contributed by atoms with Crippen LogP contribution >= 0.6 is 0 Å². The van der Waals surface area contributed by atoms with Gasteiger partial charge in [-0.25, -0.2) is 9.97 Å².